The van der Waals surface area contributed by atoms with Gasteiger partial charge in [-0.2, -0.15) is 0 Å². The van der Waals surface area contributed by atoms with Crippen LogP contribution in [-0.4, -0.2) is 24.0 Å². The average molecular weight is 288 g/mol. The van der Waals surface area contributed by atoms with Gasteiger partial charge in [0.2, 0.25) is 5.91 Å². The predicted octanol–water partition coefficient (Wildman–Crippen LogP) is 2.82. The SMILES string of the molecule is Cc1ccccc1CC(C)(C)NC(=O)[C@H]1CCN[C@@H](C)C1. The first-order chi connectivity index (χ1) is 9.87. The Morgan fingerprint density at radius 1 is 1.38 bits per heavy atom. The summed E-state index contributed by atoms with van der Waals surface area (Å²) in [5, 5.41) is 6.65. The predicted molar refractivity (Wildman–Crippen MR) is 87.3 cm³/mol. The zero-order valence-electron chi connectivity index (χ0n) is 13.7. The molecule has 0 aromatic heterocycles. The van der Waals surface area contributed by atoms with Gasteiger partial charge in [0, 0.05) is 17.5 Å². The molecule has 116 valence electrons. The van der Waals surface area contributed by atoms with E-state index in [-0.39, 0.29) is 17.4 Å². The number of rotatable bonds is 4. The van der Waals surface area contributed by atoms with Crippen molar-refractivity contribution in [1.82, 2.24) is 10.6 Å². The number of benzene rings is 1. The van der Waals surface area contributed by atoms with E-state index in [2.05, 4.69) is 62.6 Å². The second-order valence-electron chi connectivity index (χ2n) is 7.05. The molecule has 0 radical (unpaired) electrons. The van der Waals surface area contributed by atoms with Crippen LogP contribution in [0.1, 0.15) is 44.7 Å². The Labute approximate surface area is 128 Å². The van der Waals surface area contributed by atoms with Gasteiger partial charge < -0.3 is 10.6 Å². The molecule has 1 aromatic rings. The van der Waals surface area contributed by atoms with Crippen molar-refractivity contribution in [2.24, 2.45) is 5.92 Å². The maximum atomic E-state index is 12.5. The maximum absolute atomic E-state index is 12.5. The number of nitrogens with one attached hydrogen (secondary N) is 2. The first kappa shape index (κ1) is 16.0. The van der Waals surface area contributed by atoms with Crippen LogP contribution in [0.3, 0.4) is 0 Å². The largest absolute Gasteiger partial charge is 0.351 e. The van der Waals surface area contributed by atoms with Gasteiger partial charge in [-0.05, 0) is 64.6 Å². The van der Waals surface area contributed by atoms with Crippen molar-refractivity contribution < 1.29 is 4.79 Å². The van der Waals surface area contributed by atoms with Crippen molar-refractivity contribution in [2.75, 3.05) is 6.54 Å². The Kier molecular flexibility index (Phi) is 5.04. The molecule has 1 heterocycles. The van der Waals surface area contributed by atoms with E-state index >= 15 is 0 Å². The molecule has 21 heavy (non-hydrogen) atoms. The molecule has 1 aliphatic rings. The van der Waals surface area contributed by atoms with E-state index in [0.717, 1.165) is 25.8 Å². The smallest absolute Gasteiger partial charge is 0.223 e. The van der Waals surface area contributed by atoms with E-state index in [1.807, 2.05) is 0 Å². The summed E-state index contributed by atoms with van der Waals surface area (Å²) >= 11 is 0. The Morgan fingerprint density at radius 3 is 2.76 bits per heavy atom. The molecule has 0 bridgehead atoms. The van der Waals surface area contributed by atoms with Crippen LogP contribution < -0.4 is 10.6 Å². The molecule has 2 rings (SSSR count). The molecule has 2 N–H and O–H groups in total. The van der Waals surface area contributed by atoms with Crippen LogP contribution in [0.15, 0.2) is 24.3 Å². The fraction of sp³-hybridized carbons (Fsp3) is 0.611. The zero-order chi connectivity index (χ0) is 15.5. The summed E-state index contributed by atoms with van der Waals surface area (Å²) in [5.41, 5.74) is 2.38. The fourth-order valence-corrected chi connectivity index (χ4v) is 3.13. The van der Waals surface area contributed by atoms with Crippen LogP contribution >= 0.6 is 0 Å². The molecule has 2 atom stereocenters. The van der Waals surface area contributed by atoms with Crippen molar-refractivity contribution in [2.45, 2.75) is 58.5 Å². The molecule has 0 aliphatic carbocycles. The Balaban J connectivity index is 1.97. The van der Waals surface area contributed by atoms with Crippen LogP contribution in [0.2, 0.25) is 0 Å². The summed E-state index contributed by atoms with van der Waals surface area (Å²) in [7, 11) is 0. The summed E-state index contributed by atoms with van der Waals surface area (Å²) in [4.78, 5) is 12.5. The van der Waals surface area contributed by atoms with Crippen molar-refractivity contribution in [3.63, 3.8) is 0 Å². The third kappa shape index (κ3) is 4.57. The average Bonchev–Trinajstić information content (AvgIpc) is 2.40. The molecule has 1 aliphatic heterocycles. The van der Waals surface area contributed by atoms with Gasteiger partial charge in [0.1, 0.15) is 0 Å². The fourth-order valence-electron chi connectivity index (χ4n) is 3.13. The molecule has 1 fully saturated rings. The number of carbonyl (C=O) groups is 1. The van der Waals surface area contributed by atoms with Crippen molar-refractivity contribution >= 4 is 5.91 Å². The van der Waals surface area contributed by atoms with E-state index in [1.165, 1.54) is 11.1 Å². The lowest BCUT2D eigenvalue weighted by Gasteiger charge is -2.32. The molecule has 0 unspecified atom stereocenters. The van der Waals surface area contributed by atoms with Gasteiger partial charge in [0.05, 0.1) is 0 Å². The number of amides is 1. The lowest BCUT2D eigenvalue weighted by molar-refractivity contribution is -0.127. The summed E-state index contributed by atoms with van der Waals surface area (Å²) in [6, 6.07) is 8.83. The summed E-state index contributed by atoms with van der Waals surface area (Å²) in [6.45, 7) is 9.45. The molecule has 3 heteroatoms. The number of aryl methyl sites for hydroxylation is 1. The zero-order valence-corrected chi connectivity index (χ0v) is 13.7. The van der Waals surface area contributed by atoms with Crippen molar-refractivity contribution in [3.8, 4) is 0 Å². The van der Waals surface area contributed by atoms with Gasteiger partial charge in [-0.3, -0.25) is 4.79 Å². The molecule has 3 nitrogen and oxygen atoms in total. The van der Waals surface area contributed by atoms with Crippen LogP contribution in [0, 0.1) is 12.8 Å². The molecule has 1 aromatic carbocycles. The van der Waals surface area contributed by atoms with Gasteiger partial charge in [0.15, 0.2) is 0 Å². The molecule has 0 spiro atoms. The topological polar surface area (TPSA) is 41.1 Å². The minimum absolute atomic E-state index is 0.150. The highest BCUT2D eigenvalue weighted by atomic mass is 16.2. The summed E-state index contributed by atoms with van der Waals surface area (Å²) in [6.07, 6.45) is 2.74. The van der Waals surface area contributed by atoms with Crippen molar-refractivity contribution in [1.29, 1.82) is 0 Å². The lowest BCUT2D eigenvalue weighted by Crippen LogP contribution is -2.50. The highest BCUT2D eigenvalue weighted by molar-refractivity contribution is 5.79. The Morgan fingerprint density at radius 2 is 2.10 bits per heavy atom. The normalized spacial score (nSPS) is 22.9. The first-order valence-corrected chi connectivity index (χ1v) is 7.97. The third-order valence-electron chi connectivity index (χ3n) is 4.35. The number of hydrogen-bond donors (Lipinski definition) is 2. The molecular formula is C18H28N2O. The molecule has 1 amide bonds. The Bertz CT molecular complexity index is 496. The van der Waals surface area contributed by atoms with Gasteiger partial charge in [0.25, 0.3) is 0 Å². The molecular weight excluding hydrogens is 260 g/mol. The van der Waals surface area contributed by atoms with Gasteiger partial charge in [-0.1, -0.05) is 24.3 Å². The van der Waals surface area contributed by atoms with E-state index < -0.39 is 0 Å². The lowest BCUT2D eigenvalue weighted by atomic mass is 9.89. The van der Waals surface area contributed by atoms with Crippen LogP contribution in [0.5, 0.6) is 0 Å². The summed E-state index contributed by atoms with van der Waals surface area (Å²) in [5.74, 6) is 0.360. The van der Waals surface area contributed by atoms with E-state index in [0.29, 0.717) is 6.04 Å². The first-order valence-electron chi connectivity index (χ1n) is 7.97. The quantitative estimate of drug-likeness (QED) is 0.894. The third-order valence-corrected chi connectivity index (χ3v) is 4.35. The van der Waals surface area contributed by atoms with Crippen LogP contribution in [0.4, 0.5) is 0 Å². The summed E-state index contributed by atoms with van der Waals surface area (Å²) < 4.78 is 0. The minimum Gasteiger partial charge on any atom is -0.351 e. The van der Waals surface area contributed by atoms with Crippen molar-refractivity contribution in [3.05, 3.63) is 35.4 Å². The van der Waals surface area contributed by atoms with Gasteiger partial charge in [-0.15, -0.1) is 0 Å². The van der Waals surface area contributed by atoms with E-state index in [1.54, 1.807) is 0 Å². The molecule has 0 saturated carbocycles. The standard InChI is InChI=1S/C18H28N2O/c1-13-7-5-6-8-16(13)12-18(3,4)20-17(21)15-9-10-19-14(2)11-15/h5-8,14-15,19H,9-12H2,1-4H3,(H,20,21)/t14-,15-/m0/s1. The van der Waals surface area contributed by atoms with Crippen LogP contribution in [0.25, 0.3) is 0 Å². The minimum atomic E-state index is -0.211. The maximum Gasteiger partial charge on any atom is 0.223 e. The highest BCUT2D eigenvalue weighted by Gasteiger charge is 2.29. The number of carbonyl (C=O) groups excluding carboxylic acids is 1. The second kappa shape index (κ2) is 6.61. The van der Waals surface area contributed by atoms with E-state index in [4.69, 9.17) is 0 Å². The molecule has 1 saturated heterocycles. The van der Waals surface area contributed by atoms with Gasteiger partial charge >= 0.3 is 0 Å². The van der Waals surface area contributed by atoms with Gasteiger partial charge in [-0.25, -0.2) is 0 Å². The second-order valence-corrected chi connectivity index (χ2v) is 7.05. The van der Waals surface area contributed by atoms with E-state index in [9.17, 15) is 4.79 Å². The Hall–Kier alpha value is -1.35. The monoisotopic (exact) mass is 288 g/mol. The number of piperidine rings is 1. The van der Waals surface area contributed by atoms with Crippen LogP contribution in [-0.2, 0) is 11.2 Å². The highest BCUT2D eigenvalue weighted by Crippen LogP contribution is 2.20. The number of hydrogen-bond acceptors (Lipinski definition) is 2.